The van der Waals surface area contributed by atoms with Crippen molar-refractivity contribution in [1.82, 2.24) is 5.32 Å². The van der Waals surface area contributed by atoms with Gasteiger partial charge in [-0.05, 0) is 18.8 Å². The molecule has 1 saturated heterocycles. The number of rotatable bonds is 5. The molecular weight excluding hydrogens is 234 g/mol. The summed E-state index contributed by atoms with van der Waals surface area (Å²) in [7, 11) is 0. The zero-order chi connectivity index (χ0) is 13.7. The minimum Gasteiger partial charge on any atom is -0.480 e. The lowest BCUT2D eigenvalue weighted by atomic mass is 9.92. The van der Waals surface area contributed by atoms with E-state index in [2.05, 4.69) is 5.32 Å². The first kappa shape index (κ1) is 15.0. The molecule has 0 aromatic carbocycles. The fourth-order valence-corrected chi connectivity index (χ4v) is 2.00. The summed E-state index contributed by atoms with van der Waals surface area (Å²) >= 11 is 0. The van der Waals surface area contributed by atoms with Crippen molar-refractivity contribution in [3.63, 3.8) is 0 Å². The minimum atomic E-state index is -0.977. The maximum atomic E-state index is 11.9. The molecule has 0 aliphatic carbocycles. The number of carbonyl (C=O) groups excluding carboxylic acids is 1. The first-order valence-corrected chi connectivity index (χ1v) is 6.54. The van der Waals surface area contributed by atoms with Crippen LogP contribution in [0.2, 0.25) is 0 Å². The Morgan fingerprint density at radius 3 is 2.44 bits per heavy atom. The molecule has 0 bridgehead atoms. The summed E-state index contributed by atoms with van der Waals surface area (Å²) in [5, 5.41) is 11.9. The van der Waals surface area contributed by atoms with Gasteiger partial charge in [0.15, 0.2) is 0 Å². The number of amides is 1. The highest BCUT2D eigenvalue weighted by Crippen LogP contribution is 2.19. The van der Waals surface area contributed by atoms with Gasteiger partial charge in [-0.15, -0.1) is 0 Å². The van der Waals surface area contributed by atoms with Gasteiger partial charge in [0.25, 0.3) is 0 Å². The van der Waals surface area contributed by atoms with Crippen LogP contribution in [0.3, 0.4) is 0 Å². The molecule has 2 N–H and O–H groups in total. The maximum Gasteiger partial charge on any atom is 0.326 e. The van der Waals surface area contributed by atoms with Crippen molar-refractivity contribution >= 4 is 11.9 Å². The summed E-state index contributed by atoms with van der Waals surface area (Å²) in [6.07, 6.45) is 1.64. The van der Waals surface area contributed by atoms with E-state index in [1.165, 1.54) is 0 Å². The second-order valence-corrected chi connectivity index (χ2v) is 5.33. The summed E-state index contributed by atoms with van der Waals surface area (Å²) in [5.74, 6) is -1.28. The summed E-state index contributed by atoms with van der Waals surface area (Å²) in [5.41, 5.74) is 0. The van der Waals surface area contributed by atoms with E-state index in [0.29, 0.717) is 13.2 Å². The summed E-state index contributed by atoms with van der Waals surface area (Å²) in [6, 6.07) is -0.834. The van der Waals surface area contributed by atoms with Crippen LogP contribution in [0.25, 0.3) is 0 Å². The highest BCUT2D eigenvalue weighted by molar-refractivity contribution is 5.85. The summed E-state index contributed by atoms with van der Waals surface area (Å²) in [6.45, 7) is 6.80. The molecule has 5 heteroatoms. The van der Waals surface area contributed by atoms with Crippen molar-refractivity contribution < 1.29 is 19.4 Å². The molecule has 0 aromatic rings. The van der Waals surface area contributed by atoms with E-state index in [9.17, 15) is 14.7 Å². The predicted molar refractivity (Wildman–Crippen MR) is 67.1 cm³/mol. The lowest BCUT2D eigenvalue weighted by Gasteiger charge is -2.29. The van der Waals surface area contributed by atoms with Gasteiger partial charge in [0.2, 0.25) is 5.91 Å². The van der Waals surface area contributed by atoms with Crippen molar-refractivity contribution in [2.45, 2.75) is 39.7 Å². The second-order valence-electron chi connectivity index (χ2n) is 5.33. The molecule has 1 aliphatic heterocycles. The molecule has 1 rings (SSSR count). The molecule has 5 nitrogen and oxygen atoms in total. The number of hydrogen-bond acceptors (Lipinski definition) is 3. The largest absolute Gasteiger partial charge is 0.480 e. The Morgan fingerprint density at radius 2 is 2.00 bits per heavy atom. The van der Waals surface area contributed by atoms with Gasteiger partial charge in [0, 0.05) is 18.4 Å². The van der Waals surface area contributed by atoms with Crippen molar-refractivity contribution in [2.75, 3.05) is 13.2 Å². The van der Waals surface area contributed by atoms with Crippen LogP contribution < -0.4 is 5.32 Å². The zero-order valence-electron chi connectivity index (χ0n) is 11.3. The standard InChI is InChI=1S/C13H23NO4/c1-8(2)9(3)12(15)14-11(13(16)17)10-5-4-6-18-7-10/h8-11H,4-7H2,1-3H3,(H,14,15)(H,16,17). The Hall–Kier alpha value is -1.10. The number of ether oxygens (including phenoxy) is 1. The van der Waals surface area contributed by atoms with E-state index in [0.717, 1.165) is 12.8 Å². The molecule has 1 heterocycles. The average Bonchev–Trinajstić information content (AvgIpc) is 2.35. The molecule has 0 aromatic heterocycles. The molecule has 1 aliphatic rings. The van der Waals surface area contributed by atoms with Gasteiger partial charge < -0.3 is 15.2 Å². The van der Waals surface area contributed by atoms with Gasteiger partial charge in [-0.25, -0.2) is 4.79 Å². The van der Waals surface area contributed by atoms with Gasteiger partial charge in [-0.2, -0.15) is 0 Å². The number of carboxylic acids is 1. The van der Waals surface area contributed by atoms with Crippen molar-refractivity contribution in [1.29, 1.82) is 0 Å². The lowest BCUT2D eigenvalue weighted by Crippen LogP contribution is -2.50. The lowest BCUT2D eigenvalue weighted by molar-refractivity contribution is -0.146. The molecule has 3 atom stereocenters. The van der Waals surface area contributed by atoms with Crippen LogP contribution in [0, 0.1) is 17.8 Å². The number of carbonyl (C=O) groups is 2. The van der Waals surface area contributed by atoms with Crippen LogP contribution in [-0.4, -0.2) is 36.2 Å². The van der Waals surface area contributed by atoms with Crippen molar-refractivity contribution in [3.8, 4) is 0 Å². The molecule has 104 valence electrons. The molecule has 0 saturated carbocycles. The Morgan fingerprint density at radius 1 is 1.33 bits per heavy atom. The van der Waals surface area contributed by atoms with E-state index >= 15 is 0 Å². The first-order valence-electron chi connectivity index (χ1n) is 6.54. The van der Waals surface area contributed by atoms with Crippen LogP contribution in [0.1, 0.15) is 33.6 Å². The van der Waals surface area contributed by atoms with E-state index in [1.54, 1.807) is 0 Å². The van der Waals surface area contributed by atoms with Crippen molar-refractivity contribution in [2.24, 2.45) is 17.8 Å². The first-order chi connectivity index (χ1) is 8.43. The third-order valence-electron chi connectivity index (χ3n) is 3.64. The van der Waals surface area contributed by atoms with Crippen LogP contribution in [-0.2, 0) is 14.3 Å². The van der Waals surface area contributed by atoms with Crippen LogP contribution in [0.15, 0.2) is 0 Å². The third-order valence-corrected chi connectivity index (χ3v) is 3.64. The second kappa shape index (κ2) is 6.73. The number of nitrogens with one attached hydrogen (secondary N) is 1. The number of hydrogen-bond donors (Lipinski definition) is 2. The monoisotopic (exact) mass is 257 g/mol. The molecule has 1 amide bonds. The molecular formula is C13H23NO4. The van der Waals surface area contributed by atoms with E-state index < -0.39 is 12.0 Å². The fourth-order valence-electron chi connectivity index (χ4n) is 2.00. The average molecular weight is 257 g/mol. The summed E-state index contributed by atoms with van der Waals surface area (Å²) in [4.78, 5) is 23.2. The van der Waals surface area contributed by atoms with Gasteiger partial charge in [-0.3, -0.25) is 4.79 Å². The Bertz CT molecular complexity index is 297. The Kier molecular flexibility index (Phi) is 5.59. The van der Waals surface area contributed by atoms with E-state index in [1.807, 2.05) is 20.8 Å². The highest BCUT2D eigenvalue weighted by Gasteiger charge is 2.32. The Balaban J connectivity index is 2.62. The molecule has 0 radical (unpaired) electrons. The topological polar surface area (TPSA) is 75.6 Å². The Labute approximate surface area is 108 Å². The molecule has 1 fully saturated rings. The molecule has 0 spiro atoms. The van der Waals surface area contributed by atoms with Crippen LogP contribution in [0.5, 0.6) is 0 Å². The van der Waals surface area contributed by atoms with Gasteiger partial charge >= 0.3 is 5.97 Å². The third kappa shape index (κ3) is 3.98. The number of carboxylic acid groups (broad SMARTS) is 1. The molecule has 3 unspecified atom stereocenters. The summed E-state index contributed by atoms with van der Waals surface area (Å²) < 4.78 is 5.29. The van der Waals surface area contributed by atoms with E-state index in [-0.39, 0.29) is 23.7 Å². The normalized spacial score (nSPS) is 23.4. The quantitative estimate of drug-likeness (QED) is 0.778. The van der Waals surface area contributed by atoms with Crippen LogP contribution >= 0.6 is 0 Å². The van der Waals surface area contributed by atoms with E-state index in [4.69, 9.17) is 4.74 Å². The zero-order valence-corrected chi connectivity index (χ0v) is 11.3. The smallest absolute Gasteiger partial charge is 0.326 e. The van der Waals surface area contributed by atoms with Gasteiger partial charge in [0.1, 0.15) is 6.04 Å². The van der Waals surface area contributed by atoms with Gasteiger partial charge in [0.05, 0.1) is 6.61 Å². The SMILES string of the molecule is CC(C)C(C)C(=O)NC(C(=O)O)C1CCCOC1. The van der Waals surface area contributed by atoms with Gasteiger partial charge in [-0.1, -0.05) is 20.8 Å². The highest BCUT2D eigenvalue weighted by atomic mass is 16.5. The van der Waals surface area contributed by atoms with Crippen LogP contribution in [0.4, 0.5) is 0 Å². The number of aliphatic carboxylic acids is 1. The maximum absolute atomic E-state index is 11.9. The molecule has 18 heavy (non-hydrogen) atoms. The fraction of sp³-hybridized carbons (Fsp3) is 0.846. The predicted octanol–water partition coefficient (Wildman–Crippen LogP) is 1.27. The minimum absolute atomic E-state index is 0.125. The van der Waals surface area contributed by atoms with Crippen molar-refractivity contribution in [3.05, 3.63) is 0 Å².